The van der Waals surface area contributed by atoms with E-state index in [9.17, 15) is 18.0 Å². The van der Waals surface area contributed by atoms with E-state index < -0.39 is 10.0 Å². The third-order valence-electron chi connectivity index (χ3n) is 3.72. The van der Waals surface area contributed by atoms with Gasteiger partial charge in [-0.25, -0.2) is 8.42 Å². The Bertz CT molecular complexity index is 1120. The summed E-state index contributed by atoms with van der Waals surface area (Å²) in [5, 5.41) is 2.87. The molecule has 1 aliphatic carbocycles. The molecule has 0 amide bonds. The van der Waals surface area contributed by atoms with Crippen molar-refractivity contribution in [2.24, 2.45) is 0 Å². The quantitative estimate of drug-likeness (QED) is 0.791. The Labute approximate surface area is 157 Å². The Balaban J connectivity index is 1.67. The normalized spacial score (nSPS) is 13.1. The van der Waals surface area contributed by atoms with Crippen molar-refractivity contribution in [3.8, 4) is 11.8 Å². The maximum absolute atomic E-state index is 12.4. The number of hydrogen-bond acceptors (Lipinski definition) is 5. The summed E-state index contributed by atoms with van der Waals surface area (Å²) >= 11 is 0. The first-order valence-corrected chi connectivity index (χ1v) is 9.93. The highest BCUT2D eigenvalue weighted by molar-refractivity contribution is 7.92. The Morgan fingerprint density at radius 2 is 1.74 bits per heavy atom. The van der Waals surface area contributed by atoms with Gasteiger partial charge in [0.1, 0.15) is 0 Å². The van der Waals surface area contributed by atoms with Crippen LogP contribution in [-0.2, 0) is 10.0 Å². The van der Waals surface area contributed by atoms with E-state index in [1.165, 1.54) is 6.08 Å². The molecule has 0 bridgehead atoms. The predicted octanol–water partition coefficient (Wildman–Crippen LogP) is 1.96. The first-order chi connectivity index (χ1) is 12.8. The van der Waals surface area contributed by atoms with Gasteiger partial charge in [-0.1, -0.05) is 42.2 Å². The van der Waals surface area contributed by atoms with Crippen molar-refractivity contribution in [2.75, 3.05) is 17.5 Å². The molecule has 1 aliphatic rings. The SMILES string of the molecule is CS(=O)(=O)Nc1cccc(C#CCNC2=CC(=O)c3ccccc3C2=O)c1. The fourth-order valence-electron chi connectivity index (χ4n) is 2.61. The van der Waals surface area contributed by atoms with Crippen molar-refractivity contribution in [1.29, 1.82) is 0 Å². The molecule has 6 nitrogen and oxygen atoms in total. The van der Waals surface area contributed by atoms with Crippen LogP contribution >= 0.6 is 0 Å². The molecule has 0 aromatic heterocycles. The molecule has 0 saturated heterocycles. The van der Waals surface area contributed by atoms with E-state index in [0.29, 0.717) is 22.4 Å². The third kappa shape index (κ3) is 4.63. The number of rotatable bonds is 4. The third-order valence-corrected chi connectivity index (χ3v) is 4.33. The molecule has 0 saturated carbocycles. The molecule has 2 aromatic rings. The summed E-state index contributed by atoms with van der Waals surface area (Å²) in [6.45, 7) is 0.163. The molecule has 136 valence electrons. The van der Waals surface area contributed by atoms with Crippen LogP contribution in [0.2, 0.25) is 0 Å². The number of fused-ring (bicyclic) bond motifs is 1. The van der Waals surface area contributed by atoms with Crippen LogP contribution in [0.15, 0.2) is 60.3 Å². The highest BCUT2D eigenvalue weighted by atomic mass is 32.2. The van der Waals surface area contributed by atoms with E-state index in [1.54, 1.807) is 48.5 Å². The van der Waals surface area contributed by atoms with Gasteiger partial charge in [0, 0.05) is 28.5 Å². The molecule has 27 heavy (non-hydrogen) atoms. The van der Waals surface area contributed by atoms with Gasteiger partial charge in [-0.05, 0) is 18.2 Å². The second-order valence-electron chi connectivity index (χ2n) is 5.91. The van der Waals surface area contributed by atoms with E-state index in [-0.39, 0.29) is 23.8 Å². The van der Waals surface area contributed by atoms with Gasteiger partial charge in [0.05, 0.1) is 18.5 Å². The van der Waals surface area contributed by atoms with Gasteiger partial charge in [-0.2, -0.15) is 0 Å². The zero-order valence-electron chi connectivity index (χ0n) is 14.4. The van der Waals surface area contributed by atoms with Crippen LogP contribution in [0, 0.1) is 11.8 Å². The molecule has 0 fully saturated rings. The highest BCUT2D eigenvalue weighted by Crippen LogP contribution is 2.19. The summed E-state index contributed by atoms with van der Waals surface area (Å²) in [5.41, 5.74) is 2.02. The monoisotopic (exact) mass is 380 g/mol. The zero-order chi connectivity index (χ0) is 19.4. The van der Waals surface area contributed by atoms with E-state index in [4.69, 9.17) is 0 Å². The number of carbonyl (C=O) groups excluding carboxylic acids is 2. The topological polar surface area (TPSA) is 92.3 Å². The fourth-order valence-corrected chi connectivity index (χ4v) is 3.16. The number of sulfonamides is 1. The number of hydrogen-bond donors (Lipinski definition) is 2. The van der Waals surface area contributed by atoms with Gasteiger partial charge >= 0.3 is 0 Å². The summed E-state index contributed by atoms with van der Waals surface area (Å²) in [4.78, 5) is 24.5. The number of ketones is 2. The molecular weight excluding hydrogens is 364 g/mol. The number of anilines is 1. The lowest BCUT2D eigenvalue weighted by Crippen LogP contribution is -2.27. The average molecular weight is 380 g/mol. The summed E-state index contributed by atoms with van der Waals surface area (Å²) in [6.07, 6.45) is 2.35. The van der Waals surface area contributed by atoms with Crippen LogP contribution in [0.4, 0.5) is 5.69 Å². The lowest BCUT2D eigenvalue weighted by atomic mass is 9.93. The van der Waals surface area contributed by atoms with Crippen molar-refractivity contribution in [3.63, 3.8) is 0 Å². The Morgan fingerprint density at radius 3 is 2.48 bits per heavy atom. The minimum atomic E-state index is -3.36. The molecule has 0 radical (unpaired) electrons. The second kappa shape index (κ2) is 7.48. The van der Waals surface area contributed by atoms with E-state index in [0.717, 1.165) is 6.26 Å². The van der Waals surface area contributed by atoms with Crippen molar-refractivity contribution in [2.45, 2.75) is 0 Å². The summed E-state index contributed by atoms with van der Waals surface area (Å²) in [7, 11) is -3.36. The second-order valence-corrected chi connectivity index (χ2v) is 7.66. The van der Waals surface area contributed by atoms with Crippen LogP contribution in [-0.4, -0.2) is 32.8 Å². The highest BCUT2D eigenvalue weighted by Gasteiger charge is 2.24. The number of Topliss-reactive ketones (excluding diaryl/α,β-unsaturated/α-hetero) is 1. The maximum Gasteiger partial charge on any atom is 0.229 e. The minimum absolute atomic E-state index is 0.163. The smallest absolute Gasteiger partial charge is 0.229 e. The van der Waals surface area contributed by atoms with Crippen LogP contribution < -0.4 is 10.0 Å². The first-order valence-electron chi connectivity index (χ1n) is 8.04. The molecule has 0 unspecified atom stereocenters. The molecule has 0 atom stereocenters. The molecule has 0 spiro atoms. The number of allylic oxidation sites excluding steroid dienone is 2. The van der Waals surface area contributed by atoms with Crippen molar-refractivity contribution >= 4 is 27.3 Å². The largest absolute Gasteiger partial charge is 0.371 e. The van der Waals surface area contributed by atoms with Crippen LogP contribution in [0.25, 0.3) is 0 Å². The lowest BCUT2D eigenvalue weighted by Gasteiger charge is -2.15. The van der Waals surface area contributed by atoms with Crippen molar-refractivity contribution in [3.05, 3.63) is 77.0 Å². The van der Waals surface area contributed by atoms with E-state index in [1.807, 2.05) is 0 Å². The molecule has 7 heteroatoms. The van der Waals surface area contributed by atoms with Crippen LogP contribution in [0.1, 0.15) is 26.3 Å². The number of carbonyl (C=O) groups is 2. The Hall–Kier alpha value is -3.37. The maximum atomic E-state index is 12.4. The first kappa shape index (κ1) is 18.4. The molecule has 2 N–H and O–H groups in total. The number of benzene rings is 2. The van der Waals surface area contributed by atoms with Crippen LogP contribution in [0.3, 0.4) is 0 Å². The number of nitrogens with one attached hydrogen (secondary N) is 2. The van der Waals surface area contributed by atoms with Gasteiger partial charge in [-0.15, -0.1) is 0 Å². The van der Waals surface area contributed by atoms with Gasteiger partial charge in [0.15, 0.2) is 5.78 Å². The summed E-state index contributed by atoms with van der Waals surface area (Å²) in [6, 6.07) is 13.3. The predicted molar refractivity (Wildman–Crippen MR) is 103 cm³/mol. The lowest BCUT2D eigenvalue weighted by molar-refractivity contribution is 0.0979. The van der Waals surface area contributed by atoms with Gasteiger partial charge in [0.25, 0.3) is 0 Å². The average Bonchev–Trinajstić information content (AvgIpc) is 2.61. The molecule has 0 heterocycles. The fraction of sp³-hybridized carbons (Fsp3) is 0.100. The standard InChI is InChI=1S/C20H16N2O4S/c1-27(25,26)22-15-8-4-6-14(12-15)7-5-11-21-18-13-19(23)16-9-2-3-10-17(16)20(18)24/h2-4,6,8-10,12-13,21-22H,11H2,1H3. The molecule has 0 aliphatic heterocycles. The van der Waals surface area contributed by atoms with Crippen molar-refractivity contribution < 1.29 is 18.0 Å². The van der Waals surface area contributed by atoms with Gasteiger partial charge in [0.2, 0.25) is 15.8 Å². The molecule has 2 aromatic carbocycles. The molecule has 3 rings (SSSR count). The van der Waals surface area contributed by atoms with Crippen molar-refractivity contribution in [1.82, 2.24) is 5.32 Å². The van der Waals surface area contributed by atoms with E-state index >= 15 is 0 Å². The minimum Gasteiger partial charge on any atom is -0.371 e. The zero-order valence-corrected chi connectivity index (χ0v) is 15.3. The summed E-state index contributed by atoms with van der Waals surface area (Å²) < 4.78 is 24.9. The van der Waals surface area contributed by atoms with Gasteiger partial charge < -0.3 is 5.32 Å². The molecular formula is C20H16N2O4S. The Morgan fingerprint density at radius 1 is 1.00 bits per heavy atom. The van der Waals surface area contributed by atoms with Crippen LogP contribution in [0.5, 0.6) is 0 Å². The Kier molecular flexibility index (Phi) is 5.10. The summed E-state index contributed by atoms with van der Waals surface area (Å²) in [5.74, 6) is 5.27. The van der Waals surface area contributed by atoms with Gasteiger partial charge in [-0.3, -0.25) is 14.3 Å². The van der Waals surface area contributed by atoms with E-state index in [2.05, 4.69) is 21.9 Å².